The monoisotopic (exact) mass is 332 g/mol. The van der Waals surface area contributed by atoms with Gasteiger partial charge in [-0.3, -0.25) is 4.79 Å². The van der Waals surface area contributed by atoms with Crippen molar-refractivity contribution in [3.05, 3.63) is 65.0 Å². The van der Waals surface area contributed by atoms with Crippen molar-refractivity contribution in [1.82, 2.24) is 0 Å². The van der Waals surface area contributed by atoms with Crippen LogP contribution < -0.4 is 4.74 Å². The molecule has 2 aromatic rings. The molecule has 0 spiro atoms. The summed E-state index contributed by atoms with van der Waals surface area (Å²) >= 11 is 0. The minimum Gasteiger partial charge on any atom is -0.497 e. The van der Waals surface area contributed by atoms with Gasteiger partial charge < -0.3 is 4.74 Å². The van der Waals surface area contributed by atoms with Crippen molar-refractivity contribution in [2.45, 2.75) is 4.90 Å². The first kappa shape index (κ1) is 15.4. The highest BCUT2D eigenvalue weighted by atomic mass is 32.2. The number of hydrogen-bond donors (Lipinski definition) is 0. The van der Waals surface area contributed by atoms with E-state index < -0.39 is 27.2 Å². The van der Waals surface area contributed by atoms with Gasteiger partial charge in [0.1, 0.15) is 11.6 Å². The molecular weight excluding hydrogens is 319 g/mol. The summed E-state index contributed by atoms with van der Waals surface area (Å²) in [5.74, 6) is -0.846. The fourth-order valence-corrected chi connectivity index (χ4v) is 4.02. The maximum atomic E-state index is 13.4. The second-order valence-corrected chi connectivity index (χ2v) is 7.13. The summed E-state index contributed by atoms with van der Waals surface area (Å²) in [5, 5.41) is 0. The minimum atomic E-state index is -3.65. The largest absolute Gasteiger partial charge is 0.497 e. The SMILES string of the molecule is COc1ccc(C=C2CS(=O)(=O)c3ccc(F)cc3C2=O)cc1. The number of carbonyl (C=O) groups excluding carboxylic acids is 1. The summed E-state index contributed by atoms with van der Waals surface area (Å²) in [4.78, 5) is 12.3. The molecule has 118 valence electrons. The van der Waals surface area contributed by atoms with Crippen molar-refractivity contribution < 1.29 is 22.3 Å². The lowest BCUT2D eigenvalue weighted by molar-refractivity contribution is 0.103. The Labute approximate surface area is 133 Å². The lowest BCUT2D eigenvalue weighted by Crippen LogP contribution is -2.24. The van der Waals surface area contributed by atoms with E-state index in [4.69, 9.17) is 4.74 Å². The Morgan fingerprint density at radius 1 is 1.13 bits per heavy atom. The van der Waals surface area contributed by atoms with Crippen LogP contribution in [0.25, 0.3) is 6.08 Å². The van der Waals surface area contributed by atoms with Crippen LogP contribution in [-0.2, 0) is 9.84 Å². The average Bonchev–Trinajstić information content (AvgIpc) is 2.52. The van der Waals surface area contributed by atoms with Gasteiger partial charge >= 0.3 is 0 Å². The van der Waals surface area contributed by atoms with Crippen LogP contribution in [0.5, 0.6) is 5.75 Å². The molecular formula is C17H13FO4S. The number of ketones is 1. The van der Waals surface area contributed by atoms with Crippen molar-refractivity contribution in [3.8, 4) is 5.75 Å². The van der Waals surface area contributed by atoms with Gasteiger partial charge in [0.2, 0.25) is 0 Å². The first-order valence-corrected chi connectivity index (χ1v) is 8.47. The minimum absolute atomic E-state index is 0.115. The topological polar surface area (TPSA) is 60.4 Å². The number of Topliss-reactive ketones (excluding diaryl/α,β-unsaturated/α-hetero) is 1. The highest BCUT2D eigenvalue weighted by molar-refractivity contribution is 7.91. The summed E-state index contributed by atoms with van der Waals surface area (Å²) in [5.41, 5.74) is 0.675. The Morgan fingerprint density at radius 3 is 2.48 bits per heavy atom. The van der Waals surface area contributed by atoms with E-state index in [1.807, 2.05) is 0 Å². The van der Waals surface area contributed by atoms with E-state index in [-0.39, 0.29) is 16.0 Å². The molecule has 1 heterocycles. The normalized spacial score (nSPS) is 17.8. The van der Waals surface area contributed by atoms with Gasteiger partial charge in [-0.15, -0.1) is 0 Å². The molecule has 6 heteroatoms. The Balaban J connectivity index is 2.08. The van der Waals surface area contributed by atoms with Crippen LogP contribution in [0, 0.1) is 5.82 Å². The molecule has 0 saturated heterocycles. The van der Waals surface area contributed by atoms with Crippen molar-refractivity contribution in [2.75, 3.05) is 12.9 Å². The van der Waals surface area contributed by atoms with Crippen LogP contribution >= 0.6 is 0 Å². The van der Waals surface area contributed by atoms with Gasteiger partial charge in [-0.05, 0) is 42.0 Å². The Bertz CT molecular complexity index is 912. The Hall–Kier alpha value is -2.47. The lowest BCUT2D eigenvalue weighted by atomic mass is 10.0. The molecule has 23 heavy (non-hydrogen) atoms. The fraction of sp³-hybridized carbons (Fsp3) is 0.118. The summed E-state index contributed by atoms with van der Waals surface area (Å²) in [6.45, 7) is 0. The lowest BCUT2D eigenvalue weighted by Gasteiger charge is -2.18. The van der Waals surface area contributed by atoms with E-state index in [1.54, 1.807) is 24.3 Å². The molecule has 0 aromatic heterocycles. The Kier molecular flexibility index (Phi) is 3.77. The zero-order valence-corrected chi connectivity index (χ0v) is 13.1. The summed E-state index contributed by atoms with van der Waals surface area (Å²) in [6.07, 6.45) is 1.51. The zero-order chi connectivity index (χ0) is 16.6. The third kappa shape index (κ3) is 2.90. The molecule has 0 unspecified atom stereocenters. The number of hydrogen-bond acceptors (Lipinski definition) is 4. The Morgan fingerprint density at radius 2 is 1.83 bits per heavy atom. The first-order chi connectivity index (χ1) is 10.9. The molecule has 1 aliphatic heterocycles. The predicted octanol–water partition coefficient (Wildman–Crippen LogP) is 2.89. The molecule has 0 fully saturated rings. The smallest absolute Gasteiger partial charge is 0.191 e. The second-order valence-electron chi connectivity index (χ2n) is 5.17. The molecule has 2 aromatic carbocycles. The summed E-state index contributed by atoms with van der Waals surface area (Å²) in [6, 6.07) is 10.0. The maximum Gasteiger partial charge on any atom is 0.191 e. The number of benzene rings is 2. The van der Waals surface area contributed by atoms with Crippen molar-refractivity contribution in [1.29, 1.82) is 0 Å². The van der Waals surface area contributed by atoms with Gasteiger partial charge in [0.15, 0.2) is 15.6 Å². The van der Waals surface area contributed by atoms with Gasteiger partial charge in [0, 0.05) is 11.1 Å². The van der Waals surface area contributed by atoms with Crippen molar-refractivity contribution in [3.63, 3.8) is 0 Å². The molecule has 4 nitrogen and oxygen atoms in total. The second kappa shape index (κ2) is 5.62. The molecule has 0 aliphatic carbocycles. The molecule has 0 amide bonds. The highest BCUT2D eigenvalue weighted by Crippen LogP contribution is 2.29. The number of fused-ring (bicyclic) bond motifs is 1. The van der Waals surface area contributed by atoms with E-state index in [0.717, 1.165) is 18.2 Å². The molecule has 0 atom stereocenters. The van der Waals surface area contributed by atoms with Crippen molar-refractivity contribution in [2.24, 2.45) is 0 Å². The molecule has 0 bridgehead atoms. The van der Waals surface area contributed by atoms with Crippen LogP contribution in [0.2, 0.25) is 0 Å². The third-order valence-corrected chi connectivity index (χ3v) is 5.33. The molecule has 3 rings (SSSR count). The third-order valence-electron chi connectivity index (χ3n) is 3.62. The highest BCUT2D eigenvalue weighted by Gasteiger charge is 2.32. The van der Waals surface area contributed by atoms with Crippen LogP contribution in [0.4, 0.5) is 4.39 Å². The number of ether oxygens (including phenoxy) is 1. The van der Waals surface area contributed by atoms with Crippen molar-refractivity contribution >= 4 is 21.7 Å². The van der Waals surface area contributed by atoms with E-state index in [0.29, 0.717) is 11.3 Å². The van der Waals surface area contributed by atoms with Crippen LogP contribution in [0.1, 0.15) is 15.9 Å². The number of rotatable bonds is 2. The van der Waals surface area contributed by atoms with E-state index in [1.165, 1.54) is 13.2 Å². The summed E-state index contributed by atoms with van der Waals surface area (Å²) in [7, 11) is -2.12. The number of carbonyl (C=O) groups is 1. The average molecular weight is 332 g/mol. The van der Waals surface area contributed by atoms with Gasteiger partial charge in [0.25, 0.3) is 0 Å². The van der Waals surface area contributed by atoms with Gasteiger partial charge in [0.05, 0.1) is 17.8 Å². The molecule has 1 aliphatic rings. The standard InChI is InChI=1S/C17H13FO4S/c1-22-14-5-2-11(3-6-14)8-12-10-23(20,21)16-7-4-13(18)9-15(16)17(12)19/h2-9H,10H2,1H3. The van der Waals surface area contributed by atoms with Gasteiger partial charge in [-0.1, -0.05) is 12.1 Å². The molecule has 0 N–H and O–H groups in total. The summed E-state index contributed by atoms with van der Waals surface area (Å²) < 4.78 is 43.0. The van der Waals surface area contributed by atoms with E-state index in [2.05, 4.69) is 0 Å². The number of sulfone groups is 1. The molecule has 0 saturated carbocycles. The van der Waals surface area contributed by atoms with Gasteiger partial charge in [-0.25, -0.2) is 12.8 Å². The molecule has 0 radical (unpaired) electrons. The van der Waals surface area contributed by atoms with Crippen LogP contribution in [0.15, 0.2) is 52.9 Å². The first-order valence-electron chi connectivity index (χ1n) is 6.82. The number of methoxy groups -OCH3 is 1. The van der Waals surface area contributed by atoms with E-state index >= 15 is 0 Å². The van der Waals surface area contributed by atoms with E-state index in [9.17, 15) is 17.6 Å². The fourth-order valence-electron chi connectivity index (χ4n) is 2.48. The number of halogens is 1. The van der Waals surface area contributed by atoms with Crippen LogP contribution in [-0.4, -0.2) is 27.1 Å². The van der Waals surface area contributed by atoms with Crippen LogP contribution in [0.3, 0.4) is 0 Å². The van der Waals surface area contributed by atoms with Gasteiger partial charge in [-0.2, -0.15) is 0 Å². The zero-order valence-electron chi connectivity index (χ0n) is 12.2. The quantitative estimate of drug-likeness (QED) is 0.627. The maximum absolute atomic E-state index is 13.4. The predicted molar refractivity (Wildman–Crippen MR) is 83.8 cm³/mol.